The highest BCUT2D eigenvalue weighted by Crippen LogP contribution is 2.19. The van der Waals surface area contributed by atoms with E-state index in [4.69, 9.17) is 0 Å². The van der Waals surface area contributed by atoms with Crippen molar-refractivity contribution in [2.24, 2.45) is 5.92 Å². The summed E-state index contributed by atoms with van der Waals surface area (Å²) in [5.74, 6) is 0.769. The molecule has 136 valence electrons. The average molecular weight is 343 g/mol. The van der Waals surface area contributed by atoms with Crippen LogP contribution in [-0.4, -0.2) is 42.9 Å². The quantitative estimate of drug-likeness (QED) is 0.864. The SMILES string of the molecule is O=C(CCC1CCNCC1)Nc1cccc(C(=O)N2CCCCC2)c1. The molecule has 2 aliphatic heterocycles. The van der Waals surface area contributed by atoms with Gasteiger partial charge in [0.05, 0.1) is 0 Å². The molecule has 2 amide bonds. The molecular weight excluding hydrogens is 314 g/mol. The first kappa shape index (κ1) is 17.9. The molecular formula is C20H29N3O2. The van der Waals surface area contributed by atoms with Gasteiger partial charge in [-0.05, 0) is 75.7 Å². The summed E-state index contributed by atoms with van der Waals surface area (Å²) in [6, 6.07) is 7.34. The van der Waals surface area contributed by atoms with E-state index in [1.54, 1.807) is 6.07 Å². The van der Waals surface area contributed by atoms with Crippen molar-refractivity contribution < 1.29 is 9.59 Å². The lowest BCUT2D eigenvalue weighted by Gasteiger charge is -2.26. The number of likely N-dealkylation sites (tertiary alicyclic amines) is 1. The maximum absolute atomic E-state index is 12.6. The molecule has 5 nitrogen and oxygen atoms in total. The molecule has 2 N–H and O–H groups in total. The van der Waals surface area contributed by atoms with Gasteiger partial charge in [-0.3, -0.25) is 9.59 Å². The lowest BCUT2D eigenvalue weighted by Crippen LogP contribution is -2.35. The molecule has 0 unspecified atom stereocenters. The van der Waals surface area contributed by atoms with Gasteiger partial charge in [0, 0.05) is 30.8 Å². The molecule has 1 aromatic rings. The lowest BCUT2D eigenvalue weighted by atomic mass is 9.93. The Labute approximate surface area is 150 Å². The van der Waals surface area contributed by atoms with Crippen molar-refractivity contribution in [3.63, 3.8) is 0 Å². The van der Waals surface area contributed by atoms with Crippen molar-refractivity contribution in [3.8, 4) is 0 Å². The summed E-state index contributed by atoms with van der Waals surface area (Å²) in [4.78, 5) is 26.7. The third-order valence-corrected chi connectivity index (χ3v) is 5.27. The Bertz CT molecular complexity index is 590. The summed E-state index contributed by atoms with van der Waals surface area (Å²) in [5.41, 5.74) is 1.39. The summed E-state index contributed by atoms with van der Waals surface area (Å²) in [6.07, 6.45) is 7.18. The molecule has 2 heterocycles. The molecule has 25 heavy (non-hydrogen) atoms. The number of hydrogen-bond acceptors (Lipinski definition) is 3. The number of anilines is 1. The third kappa shape index (κ3) is 5.30. The van der Waals surface area contributed by atoms with E-state index in [1.807, 2.05) is 23.1 Å². The summed E-state index contributed by atoms with van der Waals surface area (Å²) in [6.45, 7) is 3.80. The molecule has 0 aliphatic carbocycles. The topological polar surface area (TPSA) is 61.4 Å². The first-order valence-corrected chi connectivity index (χ1v) is 9.62. The Morgan fingerprint density at radius 3 is 2.64 bits per heavy atom. The fraction of sp³-hybridized carbons (Fsp3) is 0.600. The summed E-state index contributed by atoms with van der Waals surface area (Å²) < 4.78 is 0. The van der Waals surface area contributed by atoms with Crippen LogP contribution in [0.3, 0.4) is 0 Å². The second-order valence-electron chi connectivity index (χ2n) is 7.21. The Kier molecular flexibility index (Phi) is 6.45. The Balaban J connectivity index is 1.51. The van der Waals surface area contributed by atoms with Crippen LogP contribution in [0, 0.1) is 5.92 Å². The number of carbonyl (C=O) groups excluding carboxylic acids is 2. The lowest BCUT2D eigenvalue weighted by molar-refractivity contribution is -0.116. The van der Waals surface area contributed by atoms with E-state index < -0.39 is 0 Å². The monoisotopic (exact) mass is 343 g/mol. The van der Waals surface area contributed by atoms with Crippen molar-refractivity contribution in [2.45, 2.75) is 44.9 Å². The van der Waals surface area contributed by atoms with Gasteiger partial charge in [0.1, 0.15) is 0 Å². The van der Waals surface area contributed by atoms with Crippen LogP contribution in [0.1, 0.15) is 55.3 Å². The number of benzene rings is 1. The normalized spacial score (nSPS) is 18.8. The highest BCUT2D eigenvalue weighted by molar-refractivity contribution is 5.97. The van der Waals surface area contributed by atoms with Crippen molar-refractivity contribution in [1.29, 1.82) is 0 Å². The van der Waals surface area contributed by atoms with E-state index in [0.717, 1.165) is 64.0 Å². The zero-order valence-electron chi connectivity index (χ0n) is 14.9. The largest absolute Gasteiger partial charge is 0.339 e. The van der Waals surface area contributed by atoms with Gasteiger partial charge in [0.15, 0.2) is 0 Å². The molecule has 0 atom stereocenters. The van der Waals surface area contributed by atoms with Crippen molar-refractivity contribution in [1.82, 2.24) is 10.2 Å². The van der Waals surface area contributed by atoms with Gasteiger partial charge in [-0.2, -0.15) is 0 Å². The fourth-order valence-corrected chi connectivity index (χ4v) is 3.74. The molecule has 0 saturated carbocycles. The first-order chi connectivity index (χ1) is 12.2. The number of nitrogens with one attached hydrogen (secondary N) is 2. The molecule has 3 rings (SSSR count). The van der Waals surface area contributed by atoms with E-state index in [1.165, 1.54) is 6.42 Å². The van der Waals surface area contributed by atoms with Crippen LogP contribution in [0.4, 0.5) is 5.69 Å². The molecule has 0 spiro atoms. The van der Waals surface area contributed by atoms with Gasteiger partial charge >= 0.3 is 0 Å². The number of rotatable bonds is 5. The minimum absolute atomic E-state index is 0.0427. The number of carbonyl (C=O) groups is 2. The van der Waals surface area contributed by atoms with Crippen molar-refractivity contribution >= 4 is 17.5 Å². The smallest absolute Gasteiger partial charge is 0.253 e. The number of piperidine rings is 2. The minimum atomic E-state index is 0.0427. The standard InChI is InChI=1S/C20H29N3O2/c24-19(8-7-16-9-11-21-12-10-16)22-18-6-4-5-17(15-18)20(25)23-13-2-1-3-14-23/h4-6,15-16,21H,1-3,7-14H2,(H,22,24). The molecule has 0 radical (unpaired) electrons. The van der Waals surface area contributed by atoms with Gasteiger partial charge in [0.25, 0.3) is 5.91 Å². The average Bonchev–Trinajstić information content (AvgIpc) is 2.67. The highest BCUT2D eigenvalue weighted by Gasteiger charge is 2.19. The first-order valence-electron chi connectivity index (χ1n) is 9.62. The van der Waals surface area contributed by atoms with Gasteiger partial charge in [0.2, 0.25) is 5.91 Å². The van der Waals surface area contributed by atoms with Crippen LogP contribution in [0.5, 0.6) is 0 Å². The van der Waals surface area contributed by atoms with E-state index in [2.05, 4.69) is 10.6 Å². The Morgan fingerprint density at radius 2 is 1.88 bits per heavy atom. The van der Waals surface area contributed by atoms with Crippen LogP contribution < -0.4 is 10.6 Å². The van der Waals surface area contributed by atoms with Crippen LogP contribution in [0.2, 0.25) is 0 Å². The predicted molar refractivity (Wildman–Crippen MR) is 99.7 cm³/mol. The summed E-state index contributed by atoms with van der Waals surface area (Å²) in [5, 5.41) is 6.30. The maximum Gasteiger partial charge on any atom is 0.253 e. The van der Waals surface area contributed by atoms with Crippen LogP contribution in [0.25, 0.3) is 0 Å². The third-order valence-electron chi connectivity index (χ3n) is 5.27. The molecule has 0 aromatic heterocycles. The van der Waals surface area contributed by atoms with Gasteiger partial charge in [-0.1, -0.05) is 6.07 Å². The van der Waals surface area contributed by atoms with Gasteiger partial charge < -0.3 is 15.5 Å². The predicted octanol–water partition coefficient (Wildman–Crippen LogP) is 3.03. The molecule has 2 fully saturated rings. The molecule has 5 heteroatoms. The zero-order chi connectivity index (χ0) is 17.5. The molecule has 0 bridgehead atoms. The maximum atomic E-state index is 12.6. The molecule has 2 saturated heterocycles. The van der Waals surface area contributed by atoms with Gasteiger partial charge in [-0.25, -0.2) is 0 Å². The van der Waals surface area contributed by atoms with Crippen LogP contribution in [-0.2, 0) is 4.79 Å². The van der Waals surface area contributed by atoms with E-state index in [0.29, 0.717) is 17.9 Å². The van der Waals surface area contributed by atoms with Crippen molar-refractivity contribution in [3.05, 3.63) is 29.8 Å². The summed E-state index contributed by atoms with van der Waals surface area (Å²) >= 11 is 0. The van der Waals surface area contributed by atoms with Crippen LogP contribution in [0.15, 0.2) is 24.3 Å². The number of amides is 2. The van der Waals surface area contributed by atoms with Crippen LogP contribution >= 0.6 is 0 Å². The number of nitrogens with zero attached hydrogens (tertiary/aromatic N) is 1. The second kappa shape index (κ2) is 8.99. The Hall–Kier alpha value is -1.88. The zero-order valence-corrected chi connectivity index (χ0v) is 14.9. The van der Waals surface area contributed by atoms with E-state index >= 15 is 0 Å². The highest BCUT2D eigenvalue weighted by atomic mass is 16.2. The van der Waals surface area contributed by atoms with E-state index in [-0.39, 0.29) is 11.8 Å². The second-order valence-corrected chi connectivity index (χ2v) is 7.21. The fourth-order valence-electron chi connectivity index (χ4n) is 3.74. The minimum Gasteiger partial charge on any atom is -0.339 e. The van der Waals surface area contributed by atoms with E-state index in [9.17, 15) is 9.59 Å². The number of hydrogen-bond donors (Lipinski definition) is 2. The molecule has 1 aromatic carbocycles. The summed E-state index contributed by atoms with van der Waals surface area (Å²) in [7, 11) is 0. The van der Waals surface area contributed by atoms with Gasteiger partial charge in [-0.15, -0.1) is 0 Å². The Morgan fingerprint density at radius 1 is 1.12 bits per heavy atom. The van der Waals surface area contributed by atoms with Crippen molar-refractivity contribution in [2.75, 3.05) is 31.5 Å². The molecule has 2 aliphatic rings.